The fraction of sp³-hybridized carbons (Fsp3) is 1.00. The minimum atomic E-state index is -1.24. The fourth-order valence-electron chi connectivity index (χ4n) is 2.99. The van der Waals surface area contributed by atoms with E-state index in [1.165, 1.54) is 51.0 Å². The molecule has 2 fully saturated rings. The molecule has 0 N–H and O–H groups in total. The molecule has 1 aliphatic carbocycles. The first-order valence-corrected chi connectivity index (χ1v) is 8.64. The Labute approximate surface area is 83.0 Å². The minimum Gasteiger partial charge on any atom is -0.417 e. The Balaban J connectivity index is 1.94. The van der Waals surface area contributed by atoms with Crippen LogP contribution in [-0.2, 0) is 4.43 Å². The van der Waals surface area contributed by atoms with E-state index in [9.17, 15) is 0 Å². The highest BCUT2D eigenvalue weighted by atomic mass is 28.4. The first-order chi connectivity index (χ1) is 6.31. The van der Waals surface area contributed by atoms with E-state index in [1.807, 2.05) is 0 Å². The lowest BCUT2D eigenvalue weighted by Crippen LogP contribution is -2.43. The van der Waals surface area contributed by atoms with Gasteiger partial charge in [-0.25, -0.2) is 0 Å². The van der Waals surface area contributed by atoms with Crippen molar-refractivity contribution < 1.29 is 4.43 Å². The second-order valence-electron chi connectivity index (χ2n) is 4.95. The van der Waals surface area contributed by atoms with Crippen LogP contribution < -0.4 is 0 Å². The Morgan fingerprint density at radius 2 is 1.77 bits per heavy atom. The van der Waals surface area contributed by atoms with Gasteiger partial charge in [0.15, 0.2) is 8.32 Å². The molecule has 2 rings (SSSR count). The second-order valence-corrected chi connectivity index (χ2v) is 9.18. The summed E-state index contributed by atoms with van der Waals surface area (Å²) in [6.07, 6.45) is 10.1. The molecule has 76 valence electrons. The zero-order chi connectivity index (χ0) is 9.15. The van der Waals surface area contributed by atoms with E-state index in [0.29, 0.717) is 0 Å². The largest absolute Gasteiger partial charge is 0.417 e. The summed E-state index contributed by atoms with van der Waals surface area (Å²) >= 11 is 0. The lowest BCUT2D eigenvalue weighted by atomic mass is 10.0. The van der Waals surface area contributed by atoms with Crippen LogP contribution in [-0.4, -0.2) is 14.9 Å². The second kappa shape index (κ2) is 4.14. The summed E-state index contributed by atoms with van der Waals surface area (Å²) in [5.41, 5.74) is 1.00. The van der Waals surface area contributed by atoms with Crippen LogP contribution in [0.1, 0.15) is 44.9 Å². The van der Waals surface area contributed by atoms with Gasteiger partial charge in [-0.05, 0) is 24.6 Å². The van der Waals surface area contributed by atoms with Crippen molar-refractivity contribution in [3.8, 4) is 0 Å². The van der Waals surface area contributed by atoms with E-state index < -0.39 is 8.32 Å². The maximum absolute atomic E-state index is 6.14. The monoisotopic (exact) mass is 198 g/mol. The third kappa shape index (κ3) is 2.16. The van der Waals surface area contributed by atoms with Crippen LogP contribution in [0.25, 0.3) is 0 Å². The Hall–Kier alpha value is 0.177. The molecule has 1 nitrogen and oxygen atoms in total. The predicted octanol–water partition coefficient (Wildman–Crippen LogP) is 3.71. The topological polar surface area (TPSA) is 9.23 Å². The molecule has 1 unspecified atom stereocenters. The third-order valence-corrected chi connectivity index (χ3v) is 8.48. The van der Waals surface area contributed by atoms with E-state index >= 15 is 0 Å². The van der Waals surface area contributed by atoms with E-state index in [1.54, 1.807) is 0 Å². The van der Waals surface area contributed by atoms with Gasteiger partial charge in [-0.3, -0.25) is 0 Å². The molecule has 0 aromatic rings. The molecule has 13 heavy (non-hydrogen) atoms. The maximum Gasteiger partial charge on any atom is 0.192 e. The van der Waals surface area contributed by atoms with Crippen LogP contribution >= 0.6 is 0 Å². The number of hydrogen-bond acceptors (Lipinski definition) is 1. The van der Waals surface area contributed by atoms with Crippen molar-refractivity contribution >= 4 is 8.32 Å². The molecule has 2 aliphatic rings. The van der Waals surface area contributed by atoms with Gasteiger partial charge in [-0.1, -0.05) is 38.5 Å². The molecule has 0 radical (unpaired) electrons. The molecule has 1 saturated carbocycles. The average molecular weight is 198 g/mol. The molecule has 2 heteroatoms. The highest BCUT2D eigenvalue weighted by Gasteiger charge is 2.39. The average Bonchev–Trinajstić information content (AvgIpc) is 2.20. The Bertz CT molecular complexity index is 157. The Kier molecular flexibility index (Phi) is 3.09. The van der Waals surface area contributed by atoms with Crippen molar-refractivity contribution in [2.45, 2.75) is 63.1 Å². The van der Waals surface area contributed by atoms with Gasteiger partial charge in [0.2, 0.25) is 0 Å². The summed E-state index contributed by atoms with van der Waals surface area (Å²) in [6.45, 7) is 3.56. The van der Waals surface area contributed by atoms with Crippen LogP contribution in [0.2, 0.25) is 18.1 Å². The van der Waals surface area contributed by atoms with Gasteiger partial charge in [0, 0.05) is 6.61 Å². The van der Waals surface area contributed by atoms with Gasteiger partial charge < -0.3 is 4.43 Å². The van der Waals surface area contributed by atoms with Gasteiger partial charge in [-0.2, -0.15) is 0 Å². The van der Waals surface area contributed by atoms with Crippen molar-refractivity contribution in [2.24, 2.45) is 0 Å². The quantitative estimate of drug-likeness (QED) is 0.584. The smallest absolute Gasteiger partial charge is 0.192 e. The number of rotatable bonds is 1. The van der Waals surface area contributed by atoms with E-state index in [0.717, 1.165) is 12.1 Å². The molecule has 1 atom stereocenters. The highest BCUT2D eigenvalue weighted by molar-refractivity contribution is 6.74. The Morgan fingerprint density at radius 1 is 1.00 bits per heavy atom. The van der Waals surface area contributed by atoms with Crippen molar-refractivity contribution in [1.82, 2.24) is 0 Å². The van der Waals surface area contributed by atoms with E-state index in [2.05, 4.69) is 6.55 Å². The first kappa shape index (κ1) is 9.72. The van der Waals surface area contributed by atoms with Crippen molar-refractivity contribution in [3.05, 3.63) is 0 Å². The molecular weight excluding hydrogens is 176 g/mol. The number of hydrogen-bond donors (Lipinski definition) is 0. The summed E-state index contributed by atoms with van der Waals surface area (Å²) < 4.78 is 6.14. The molecule has 1 heterocycles. The van der Waals surface area contributed by atoms with Gasteiger partial charge in [0.05, 0.1) is 0 Å². The van der Waals surface area contributed by atoms with Gasteiger partial charge in [0.1, 0.15) is 0 Å². The fourth-order valence-corrected chi connectivity index (χ4v) is 6.97. The molecule has 0 aromatic heterocycles. The van der Waals surface area contributed by atoms with Gasteiger partial charge in [-0.15, -0.1) is 0 Å². The molecule has 1 aliphatic heterocycles. The van der Waals surface area contributed by atoms with Crippen LogP contribution in [0.5, 0.6) is 0 Å². The Morgan fingerprint density at radius 3 is 2.38 bits per heavy atom. The molecule has 1 saturated heterocycles. The van der Waals surface area contributed by atoms with Gasteiger partial charge in [0.25, 0.3) is 0 Å². The van der Waals surface area contributed by atoms with Gasteiger partial charge >= 0.3 is 0 Å². The van der Waals surface area contributed by atoms with Crippen LogP contribution in [0.15, 0.2) is 0 Å². The van der Waals surface area contributed by atoms with Crippen LogP contribution in [0.4, 0.5) is 0 Å². The third-order valence-electron chi connectivity index (χ3n) is 3.97. The zero-order valence-electron chi connectivity index (χ0n) is 8.85. The molecule has 0 amide bonds. The lowest BCUT2D eigenvalue weighted by Gasteiger charge is -2.40. The predicted molar refractivity (Wildman–Crippen MR) is 58.4 cm³/mol. The van der Waals surface area contributed by atoms with Crippen LogP contribution in [0, 0.1) is 0 Å². The standard InChI is InChI=1S/C11H22OSi/c1-13(10-6-5-9-12-13)11-7-3-2-4-8-11/h11H,2-10H2,1H3. The minimum absolute atomic E-state index is 1.00. The summed E-state index contributed by atoms with van der Waals surface area (Å²) in [4.78, 5) is 0. The SMILES string of the molecule is C[Si]1(C2CCCCC2)CCCCO1. The van der Waals surface area contributed by atoms with E-state index in [-0.39, 0.29) is 0 Å². The van der Waals surface area contributed by atoms with Crippen molar-refractivity contribution in [2.75, 3.05) is 6.61 Å². The maximum atomic E-state index is 6.14. The summed E-state index contributed by atoms with van der Waals surface area (Å²) in [6, 6.07) is 1.44. The van der Waals surface area contributed by atoms with E-state index in [4.69, 9.17) is 4.43 Å². The van der Waals surface area contributed by atoms with Crippen LogP contribution in [0.3, 0.4) is 0 Å². The summed E-state index contributed by atoms with van der Waals surface area (Å²) in [5.74, 6) is 0. The summed E-state index contributed by atoms with van der Waals surface area (Å²) in [7, 11) is -1.24. The van der Waals surface area contributed by atoms with Crippen molar-refractivity contribution in [1.29, 1.82) is 0 Å². The molecule has 0 bridgehead atoms. The highest BCUT2D eigenvalue weighted by Crippen LogP contribution is 2.41. The lowest BCUT2D eigenvalue weighted by molar-refractivity contribution is 0.253. The first-order valence-electron chi connectivity index (χ1n) is 5.95. The molecule has 0 aromatic carbocycles. The molecule has 0 spiro atoms. The van der Waals surface area contributed by atoms with Crippen molar-refractivity contribution in [3.63, 3.8) is 0 Å². The zero-order valence-corrected chi connectivity index (χ0v) is 9.85. The molecular formula is C11H22OSi. The normalized spacial score (nSPS) is 37.6. The summed E-state index contributed by atoms with van der Waals surface area (Å²) in [5, 5.41) is 0.